The van der Waals surface area contributed by atoms with E-state index in [1.165, 1.54) is 0 Å². The first kappa shape index (κ1) is 9.76. The largest absolute Gasteiger partial charge is 0.420 e. The summed E-state index contributed by atoms with van der Waals surface area (Å²) in [6.07, 6.45) is 0. The van der Waals surface area contributed by atoms with Crippen LogP contribution in [0.5, 0.6) is 0 Å². The van der Waals surface area contributed by atoms with E-state index in [0.717, 1.165) is 6.04 Å². The van der Waals surface area contributed by atoms with Crippen LogP contribution in [0.2, 0.25) is 19.1 Å². The van der Waals surface area contributed by atoms with Crippen molar-refractivity contribution in [3.8, 4) is 0 Å². The third kappa shape index (κ3) is 5.21. The molecular formula is C5H12Cl2OSi. The number of rotatable bonds is 3. The summed E-state index contributed by atoms with van der Waals surface area (Å²) in [5.41, 5.74) is 0. The molecule has 0 rings (SSSR count). The number of alkyl halides is 2. The number of halogens is 2. The van der Waals surface area contributed by atoms with Crippen LogP contribution in [0.4, 0.5) is 0 Å². The molecule has 0 radical (unpaired) electrons. The van der Waals surface area contributed by atoms with Gasteiger partial charge in [0.25, 0.3) is 0 Å². The van der Waals surface area contributed by atoms with Crippen molar-refractivity contribution >= 4 is 31.5 Å². The van der Waals surface area contributed by atoms with Gasteiger partial charge < -0.3 is 4.43 Å². The summed E-state index contributed by atoms with van der Waals surface area (Å²) in [5, 5.41) is 0. The smallest absolute Gasteiger partial charge is 0.188 e. The summed E-state index contributed by atoms with van der Waals surface area (Å²) < 4.78 is 5.22. The van der Waals surface area contributed by atoms with Crippen LogP contribution in [0.25, 0.3) is 0 Å². The van der Waals surface area contributed by atoms with Crippen LogP contribution in [-0.4, -0.2) is 20.3 Å². The lowest BCUT2D eigenvalue weighted by Gasteiger charge is -2.19. The summed E-state index contributed by atoms with van der Waals surface area (Å²) in [7, 11) is 0.206. The Kier molecular flexibility index (Phi) is 4.13. The van der Waals surface area contributed by atoms with Crippen LogP contribution in [0.3, 0.4) is 0 Å². The molecule has 0 aromatic carbocycles. The Bertz CT molecular complexity index is 85.0. The van der Waals surface area contributed by atoms with Gasteiger partial charge in [-0.2, -0.15) is 0 Å². The summed E-state index contributed by atoms with van der Waals surface area (Å²) in [6.45, 7) is 4.18. The van der Waals surface area contributed by atoms with Crippen LogP contribution < -0.4 is 0 Å². The van der Waals surface area contributed by atoms with Crippen LogP contribution >= 0.6 is 23.2 Å². The standard InChI is InChI=1S/C5H12Cl2OSi/c1-8-9(2,3)4-5(6)7/h5H,4H2,1-3H3. The summed E-state index contributed by atoms with van der Waals surface area (Å²) >= 11 is 11.1. The van der Waals surface area contributed by atoms with Crippen molar-refractivity contribution in [2.45, 2.75) is 24.0 Å². The Balaban J connectivity index is 3.58. The lowest BCUT2D eigenvalue weighted by molar-refractivity contribution is 0.404. The minimum absolute atomic E-state index is 0.272. The van der Waals surface area contributed by atoms with E-state index in [9.17, 15) is 0 Å². The van der Waals surface area contributed by atoms with E-state index >= 15 is 0 Å². The van der Waals surface area contributed by atoms with E-state index in [1.807, 2.05) is 0 Å². The fourth-order valence-corrected chi connectivity index (χ4v) is 3.59. The monoisotopic (exact) mass is 186 g/mol. The van der Waals surface area contributed by atoms with E-state index < -0.39 is 8.32 Å². The predicted molar refractivity (Wildman–Crippen MR) is 44.8 cm³/mol. The average molecular weight is 187 g/mol. The molecule has 0 aliphatic heterocycles. The highest BCUT2D eigenvalue weighted by atomic mass is 35.5. The van der Waals surface area contributed by atoms with Crippen molar-refractivity contribution in [1.29, 1.82) is 0 Å². The van der Waals surface area contributed by atoms with Crippen LogP contribution in [0.1, 0.15) is 0 Å². The molecule has 0 aliphatic carbocycles. The Labute approximate surface area is 67.4 Å². The maximum atomic E-state index is 5.56. The quantitative estimate of drug-likeness (QED) is 0.487. The first-order valence-corrected chi connectivity index (χ1v) is 6.80. The van der Waals surface area contributed by atoms with Gasteiger partial charge in [0.2, 0.25) is 0 Å². The summed E-state index contributed by atoms with van der Waals surface area (Å²) in [5.74, 6) is 0. The van der Waals surface area contributed by atoms with Crippen molar-refractivity contribution < 1.29 is 4.43 Å². The second-order valence-corrected chi connectivity index (χ2v) is 8.17. The molecule has 0 bridgehead atoms. The third-order valence-electron chi connectivity index (χ3n) is 1.20. The molecule has 4 heteroatoms. The number of hydrogen-bond acceptors (Lipinski definition) is 1. The van der Waals surface area contributed by atoms with Gasteiger partial charge in [0.05, 0.1) is 0 Å². The molecule has 0 saturated heterocycles. The van der Waals surface area contributed by atoms with Crippen molar-refractivity contribution in [3.05, 3.63) is 0 Å². The first-order valence-electron chi connectivity index (χ1n) is 2.81. The van der Waals surface area contributed by atoms with Crippen LogP contribution in [0, 0.1) is 0 Å². The molecule has 0 spiro atoms. The molecule has 0 N–H and O–H groups in total. The zero-order valence-corrected chi connectivity index (χ0v) is 8.46. The van der Waals surface area contributed by atoms with E-state index in [4.69, 9.17) is 27.6 Å². The molecule has 0 unspecified atom stereocenters. The van der Waals surface area contributed by atoms with Gasteiger partial charge in [0, 0.05) is 7.11 Å². The minimum Gasteiger partial charge on any atom is -0.420 e. The van der Waals surface area contributed by atoms with Gasteiger partial charge in [-0.05, 0) is 19.1 Å². The van der Waals surface area contributed by atoms with Gasteiger partial charge in [0.15, 0.2) is 8.32 Å². The molecule has 56 valence electrons. The highest BCUT2D eigenvalue weighted by Gasteiger charge is 2.23. The van der Waals surface area contributed by atoms with E-state index in [-0.39, 0.29) is 4.84 Å². The van der Waals surface area contributed by atoms with Crippen molar-refractivity contribution in [2.24, 2.45) is 0 Å². The fraction of sp³-hybridized carbons (Fsp3) is 1.00. The van der Waals surface area contributed by atoms with E-state index in [0.29, 0.717) is 0 Å². The Morgan fingerprint density at radius 2 is 1.89 bits per heavy atom. The lowest BCUT2D eigenvalue weighted by atomic mass is 10.9. The maximum Gasteiger partial charge on any atom is 0.188 e. The Morgan fingerprint density at radius 1 is 1.44 bits per heavy atom. The van der Waals surface area contributed by atoms with Crippen LogP contribution in [0.15, 0.2) is 0 Å². The molecule has 0 aliphatic rings. The molecular weight excluding hydrogens is 175 g/mol. The molecule has 0 amide bonds. The molecule has 0 aromatic heterocycles. The fourth-order valence-electron chi connectivity index (χ4n) is 0.455. The zero-order valence-electron chi connectivity index (χ0n) is 5.95. The summed E-state index contributed by atoms with van der Waals surface area (Å²) in [4.78, 5) is -0.272. The second-order valence-electron chi connectivity index (χ2n) is 2.56. The average Bonchev–Trinajstić information content (AvgIpc) is 1.63. The molecule has 0 atom stereocenters. The Hall–Kier alpha value is 0.757. The normalized spacial score (nSPS) is 12.7. The van der Waals surface area contributed by atoms with Gasteiger partial charge >= 0.3 is 0 Å². The van der Waals surface area contributed by atoms with Gasteiger partial charge in [-0.15, -0.1) is 23.2 Å². The predicted octanol–water partition coefficient (Wildman–Crippen LogP) is 2.64. The summed E-state index contributed by atoms with van der Waals surface area (Å²) in [6, 6.07) is 0.798. The highest BCUT2D eigenvalue weighted by Crippen LogP contribution is 2.18. The van der Waals surface area contributed by atoms with Crippen molar-refractivity contribution in [2.75, 3.05) is 7.11 Å². The first-order chi connectivity index (χ1) is 3.98. The number of hydrogen-bond donors (Lipinski definition) is 0. The zero-order chi connectivity index (χ0) is 7.49. The van der Waals surface area contributed by atoms with Gasteiger partial charge in [-0.25, -0.2) is 0 Å². The third-order valence-corrected chi connectivity index (χ3v) is 4.52. The van der Waals surface area contributed by atoms with Crippen molar-refractivity contribution in [1.82, 2.24) is 0 Å². The van der Waals surface area contributed by atoms with Crippen molar-refractivity contribution in [3.63, 3.8) is 0 Å². The molecule has 0 aromatic rings. The lowest BCUT2D eigenvalue weighted by Crippen LogP contribution is -2.30. The molecule has 9 heavy (non-hydrogen) atoms. The minimum atomic E-state index is -1.50. The molecule has 0 saturated carbocycles. The molecule has 0 fully saturated rings. The van der Waals surface area contributed by atoms with Gasteiger partial charge in [-0.3, -0.25) is 0 Å². The highest BCUT2D eigenvalue weighted by molar-refractivity contribution is 6.73. The topological polar surface area (TPSA) is 9.23 Å². The van der Waals surface area contributed by atoms with Gasteiger partial charge in [-0.1, -0.05) is 0 Å². The molecule has 0 heterocycles. The van der Waals surface area contributed by atoms with E-state index in [2.05, 4.69) is 13.1 Å². The SMILES string of the molecule is CO[Si](C)(C)CC(Cl)Cl. The van der Waals surface area contributed by atoms with Gasteiger partial charge in [0.1, 0.15) is 4.84 Å². The van der Waals surface area contributed by atoms with Crippen LogP contribution in [-0.2, 0) is 4.43 Å². The second kappa shape index (κ2) is 3.81. The maximum absolute atomic E-state index is 5.56. The Morgan fingerprint density at radius 3 is 2.00 bits per heavy atom. The van der Waals surface area contributed by atoms with E-state index in [1.54, 1.807) is 7.11 Å². The molecule has 1 nitrogen and oxygen atoms in total.